The summed E-state index contributed by atoms with van der Waals surface area (Å²) in [5.41, 5.74) is -1.30. The first-order valence-corrected chi connectivity index (χ1v) is 6.89. The highest BCUT2D eigenvalue weighted by Crippen LogP contribution is 2.23. The van der Waals surface area contributed by atoms with E-state index in [0.717, 1.165) is 25.7 Å². The van der Waals surface area contributed by atoms with E-state index in [1.165, 1.54) is 0 Å². The highest BCUT2D eigenvalue weighted by molar-refractivity contribution is 7.80. The van der Waals surface area contributed by atoms with E-state index in [2.05, 4.69) is 19.1 Å². The molecule has 3 nitrogen and oxygen atoms in total. The van der Waals surface area contributed by atoms with Gasteiger partial charge in [0.1, 0.15) is 5.60 Å². The van der Waals surface area contributed by atoms with Crippen LogP contribution >= 0.6 is 24.4 Å². The Labute approximate surface area is 114 Å². The Hall–Kier alpha value is -0.260. The lowest BCUT2D eigenvalue weighted by Crippen LogP contribution is -2.40. The van der Waals surface area contributed by atoms with Crippen LogP contribution in [-0.2, 0) is 4.74 Å². The van der Waals surface area contributed by atoms with Crippen LogP contribution in [0.1, 0.15) is 52.4 Å². The van der Waals surface area contributed by atoms with Crippen LogP contribution in [0.25, 0.3) is 0 Å². The van der Waals surface area contributed by atoms with E-state index in [1.807, 2.05) is 0 Å². The van der Waals surface area contributed by atoms with Gasteiger partial charge in [0.05, 0.1) is 13.0 Å². The molecule has 0 aromatic heterocycles. The Balaban J connectivity index is 4.38. The lowest BCUT2D eigenvalue weighted by molar-refractivity contribution is 0.0777. The largest absolute Gasteiger partial charge is 0.502 e. The molecule has 100 valence electrons. The fourth-order valence-electron chi connectivity index (χ4n) is 1.62. The van der Waals surface area contributed by atoms with Gasteiger partial charge in [-0.2, -0.15) is 0 Å². The zero-order valence-electron chi connectivity index (χ0n) is 10.6. The molecule has 0 heterocycles. The van der Waals surface area contributed by atoms with Gasteiger partial charge in [-0.3, -0.25) is 0 Å². The molecule has 0 aromatic rings. The summed E-state index contributed by atoms with van der Waals surface area (Å²) in [6.07, 6.45) is 4.60. The predicted octanol–water partition coefficient (Wildman–Crippen LogP) is 3.33. The van der Waals surface area contributed by atoms with Gasteiger partial charge in [0.25, 0.3) is 0 Å². The summed E-state index contributed by atoms with van der Waals surface area (Å²) in [6, 6.07) is 0. The third-order valence-electron chi connectivity index (χ3n) is 2.54. The Bertz CT molecular complexity index is 256. The second-order valence-corrected chi connectivity index (χ2v) is 4.98. The Morgan fingerprint density at radius 2 is 1.82 bits per heavy atom. The molecule has 0 bridgehead atoms. The van der Waals surface area contributed by atoms with E-state index in [-0.39, 0.29) is 16.5 Å². The first-order chi connectivity index (χ1) is 7.96. The van der Waals surface area contributed by atoms with Gasteiger partial charge in [-0.1, -0.05) is 32.6 Å². The molecule has 1 atom stereocenters. The van der Waals surface area contributed by atoms with Crippen LogP contribution < -0.4 is 0 Å². The molecule has 0 aliphatic carbocycles. The topological polar surface area (TPSA) is 49.7 Å². The van der Waals surface area contributed by atoms with Crippen LogP contribution in [0.3, 0.4) is 0 Å². The molecule has 0 saturated heterocycles. The predicted molar refractivity (Wildman–Crippen MR) is 77.8 cm³/mol. The van der Waals surface area contributed by atoms with Crippen molar-refractivity contribution in [3.05, 3.63) is 0 Å². The minimum Gasteiger partial charge on any atom is -0.502 e. The normalized spacial score (nSPS) is 14.1. The van der Waals surface area contributed by atoms with Crippen molar-refractivity contribution in [3.63, 3.8) is 0 Å². The molecular weight excluding hydrogens is 256 g/mol. The fourth-order valence-corrected chi connectivity index (χ4v) is 2.15. The molecule has 0 aliphatic heterocycles. The van der Waals surface area contributed by atoms with E-state index in [4.69, 9.17) is 22.1 Å². The summed E-state index contributed by atoms with van der Waals surface area (Å²) < 4.78 is 5.18. The Kier molecular flexibility index (Phi) is 8.64. The first kappa shape index (κ1) is 16.7. The summed E-state index contributed by atoms with van der Waals surface area (Å²) in [5.74, 6) is 0. The van der Waals surface area contributed by atoms with Gasteiger partial charge in [-0.15, -0.1) is 0 Å². The second-order valence-electron chi connectivity index (χ2n) is 4.13. The van der Waals surface area contributed by atoms with Gasteiger partial charge in [0.15, 0.2) is 10.1 Å². The van der Waals surface area contributed by atoms with Gasteiger partial charge in [-0.05, 0) is 37.8 Å². The molecule has 0 aromatic carbocycles. The molecule has 0 aliphatic rings. The van der Waals surface area contributed by atoms with Crippen molar-refractivity contribution >= 4 is 34.5 Å². The van der Waals surface area contributed by atoms with Crippen LogP contribution in [0, 0.1) is 0 Å². The number of aliphatic hydroxyl groups is 2. The third kappa shape index (κ3) is 6.91. The summed E-state index contributed by atoms with van der Waals surface area (Å²) in [5, 5.41) is 19.4. The first-order valence-electron chi connectivity index (χ1n) is 6.07. The van der Waals surface area contributed by atoms with E-state index in [9.17, 15) is 5.11 Å². The van der Waals surface area contributed by atoms with E-state index < -0.39 is 5.60 Å². The number of rotatable bonds is 9. The monoisotopic (exact) mass is 278 g/mol. The molecule has 17 heavy (non-hydrogen) atoms. The highest BCUT2D eigenvalue weighted by Gasteiger charge is 2.34. The lowest BCUT2D eigenvalue weighted by Gasteiger charge is -2.27. The Morgan fingerprint density at radius 1 is 1.18 bits per heavy atom. The SMILES string of the molecule is CCCCCCC(O)(CC(O)=S)C(=S)OCC. The fraction of sp³-hybridized carbons (Fsp3) is 0.833. The van der Waals surface area contributed by atoms with Crippen LogP contribution in [-0.4, -0.2) is 32.5 Å². The molecule has 0 radical (unpaired) electrons. The van der Waals surface area contributed by atoms with Gasteiger partial charge >= 0.3 is 0 Å². The number of hydrogen-bond donors (Lipinski definition) is 2. The van der Waals surface area contributed by atoms with Gasteiger partial charge < -0.3 is 14.9 Å². The van der Waals surface area contributed by atoms with Crippen LogP contribution in [0.15, 0.2) is 0 Å². The Morgan fingerprint density at radius 3 is 2.29 bits per heavy atom. The van der Waals surface area contributed by atoms with Crippen LogP contribution in [0.4, 0.5) is 0 Å². The zero-order chi connectivity index (χ0) is 13.3. The van der Waals surface area contributed by atoms with Gasteiger partial charge in [-0.25, -0.2) is 0 Å². The number of thiocarbonyl (C=S) groups is 2. The summed E-state index contributed by atoms with van der Waals surface area (Å²) >= 11 is 9.67. The average Bonchev–Trinajstić information content (AvgIpc) is 2.24. The number of aliphatic hydroxyl groups excluding tert-OH is 1. The van der Waals surface area contributed by atoms with Gasteiger partial charge in [0, 0.05) is 0 Å². The quantitative estimate of drug-likeness (QED) is 0.500. The summed E-state index contributed by atoms with van der Waals surface area (Å²) in [7, 11) is 0. The standard InChI is InChI=1S/C12H22O3S2/c1-3-5-6-7-8-12(14,9-10(13)16)11(17)15-4-2/h14H,3-9H2,1-2H3,(H,13,16). The minimum atomic E-state index is -1.30. The van der Waals surface area contributed by atoms with Crippen molar-refractivity contribution in [3.8, 4) is 0 Å². The maximum atomic E-state index is 10.4. The molecule has 2 N–H and O–H groups in total. The summed E-state index contributed by atoms with van der Waals surface area (Å²) in [4.78, 5) is 0. The zero-order valence-corrected chi connectivity index (χ0v) is 12.2. The van der Waals surface area contributed by atoms with Crippen molar-refractivity contribution in [2.75, 3.05) is 6.61 Å². The smallest absolute Gasteiger partial charge is 0.192 e. The second kappa shape index (κ2) is 8.78. The number of unbranched alkanes of at least 4 members (excludes halogenated alkanes) is 3. The van der Waals surface area contributed by atoms with Crippen molar-refractivity contribution in [2.45, 2.75) is 58.0 Å². The van der Waals surface area contributed by atoms with E-state index in [0.29, 0.717) is 13.0 Å². The van der Waals surface area contributed by atoms with E-state index >= 15 is 0 Å². The van der Waals surface area contributed by atoms with Gasteiger partial charge in [0.2, 0.25) is 0 Å². The molecule has 0 saturated carbocycles. The molecule has 5 heteroatoms. The molecule has 0 spiro atoms. The summed E-state index contributed by atoms with van der Waals surface area (Å²) in [6.45, 7) is 4.34. The number of hydrogen-bond acceptors (Lipinski definition) is 4. The number of ether oxygens (including phenoxy) is 1. The minimum absolute atomic E-state index is 0.0205. The molecule has 1 unspecified atom stereocenters. The van der Waals surface area contributed by atoms with E-state index in [1.54, 1.807) is 6.92 Å². The molecule has 0 fully saturated rings. The highest BCUT2D eigenvalue weighted by atomic mass is 32.1. The van der Waals surface area contributed by atoms with Crippen molar-refractivity contribution in [2.24, 2.45) is 0 Å². The third-order valence-corrected chi connectivity index (χ3v) is 3.19. The lowest BCUT2D eigenvalue weighted by atomic mass is 9.93. The van der Waals surface area contributed by atoms with Crippen LogP contribution in [0.5, 0.6) is 0 Å². The maximum absolute atomic E-state index is 10.4. The molecule has 0 amide bonds. The maximum Gasteiger partial charge on any atom is 0.192 e. The molecular formula is C12H22O3S2. The molecule has 0 rings (SSSR count). The van der Waals surface area contributed by atoms with Crippen molar-refractivity contribution in [1.82, 2.24) is 0 Å². The van der Waals surface area contributed by atoms with Crippen molar-refractivity contribution in [1.29, 1.82) is 0 Å². The van der Waals surface area contributed by atoms with Crippen LogP contribution in [0.2, 0.25) is 0 Å². The van der Waals surface area contributed by atoms with Crippen molar-refractivity contribution < 1.29 is 14.9 Å². The average molecular weight is 278 g/mol.